The van der Waals surface area contributed by atoms with Gasteiger partial charge in [0.2, 0.25) is 0 Å². The highest BCUT2D eigenvalue weighted by molar-refractivity contribution is 7.22. The number of ether oxygens (including phenoxy) is 1. The van der Waals surface area contributed by atoms with Gasteiger partial charge in [-0.1, -0.05) is 55.6 Å². The van der Waals surface area contributed by atoms with Crippen molar-refractivity contribution < 1.29 is 9.84 Å². The summed E-state index contributed by atoms with van der Waals surface area (Å²) in [4.78, 5) is 8.57. The number of nitrogen functional groups attached to an aromatic ring is 1. The van der Waals surface area contributed by atoms with Crippen molar-refractivity contribution in [1.82, 2.24) is 9.97 Å². The fraction of sp³-hybridized carbons (Fsp3) is 0.333. The molecule has 2 aromatic heterocycles. The minimum absolute atomic E-state index is 0.394. The molecule has 2 aromatic carbocycles. The highest BCUT2D eigenvalue weighted by Gasteiger charge is 2.11. The Kier molecular flexibility index (Phi) is 6.77. The van der Waals surface area contributed by atoms with Gasteiger partial charge in [0.1, 0.15) is 11.5 Å². The summed E-state index contributed by atoms with van der Waals surface area (Å²) in [7, 11) is 0. The summed E-state index contributed by atoms with van der Waals surface area (Å²) in [5.41, 5.74) is 7.53. The molecule has 156 valence electrons. The summed E-state index contributed by atoms with van der Waals surface area (Å²) in [5, 5.41) is 10.2. The van der Waals surface area contributed by atoms with Crippen molar-refractivity contribution in [3.63, 3.8) is 0 Å². The number of para-hydroxylation sites is 1. The third-order valence-corrected chi connectivity index (χ3v) is 6.32. The van der Waals surface area contributed by atoms with Crippen molar-refractivity contribution in [1.29, 1.82) is 0 Å². The monoisotopic (exact) mass is 421 g/mol. The number of pyridine rings is 1. The standard InChI is InChI=1S/C16H11N3OS.C8H16O/c17-16-19-13-6-5-10(9-15(13)21-16)20-14-7-8-18-12-4-2-1-3-11(12)14;9-7-6-8-4-2-1-3-5-8/h1-9H,(H2,17,19);8-9H,1-7H2. The van der Waals surface area contributed by atoms with Gasteiger partial charge in [0.25, 0.3) is 0 Å². The molecule has 3 N–H and O–H groups in total. The molecule has 2 heterocycles. The molecule has 1 saturated carbocycles. The zero-order valence-electron chi connectivity index (χ0n) is 17.0. The minimum Gasteiger partial charge on any atom is -0.457 e. The number of aromatic nitrogens is 2. The molecule has 0 unspecified atom stereocenters. The average molecular weight is 422 g/mol. The third kappa shape index (κ3) is 5.07. The minimum atomic E-state index is 0.394. The molecule has 0 saturated heterocycles. The number of fused-ring (bicyclic) bond motifs is 2. The second-order valence-electron chi connectivity index (χ2n) is 7.63. The second-order valence-corrected chi connectivity index (χ2v) is 8.69. The molecule has 0 aliphatic heterocycles. The Morgan fingerprint density at radius 3 is 2.70 bits per heavy atom. The number of aliphatic hydroxyl groups is 1. The largest absolute Gasteiger partial charge is 0.457 e. The fourth-order valence-electron chi connectivity index (χ4n) is 3.93. The van der Waals surface area contributed by atoms with Gasteiger partial charge in [0, 0.05) is 24.3 Å². The van der Waals surface area contributed by atoms with Crippen LogP contribution >= 0.6 is 11.3 Å². The van der Waals surface area contributed by atoms with Crippen molar-refractivity contribution in [3.8, 4) is 11.5 Å². The highest BCUT2D eigenvalue weighted by atomic mass is 32.1. The van der Waals surface area contributed by atoms with Crippen LogP contribution in [0.15, 0.2) is 54.7 Å². The van der Waals surface area contributed by atoms with Gasteiger partial charge in [0.05, 0.1) is 15.7 Å². The number of benzene rings is 2. The van der Waals surface area contributed by atoms with E-state index < -0.39 is 0 Å². The maximum Gasteiger partial charge on any atom is 0.181 e. The maximum absolute atomic E-state index is 8.62. The van der Waals surface area contributed by atoms with Crippen LogP contribution in [0.3, 0.4) is 0 Å². The van der Waals surface area contributed by atoms with Crippen molar-refractivity contribution in [2.24, 2.45) is 5.92 Å². The Bertz CT molecular complexity index is 1100. The first kappa shape index (κ1) is 20.6. The normalized spacial score (nSPS) is 14.4. The number of rotatable bonds is 4. The lowest BCUT2D eigenvalue weighted by molar-refractivity contribution is 0.230. The molecule has 0 amide bonds. The van der Waals surface area contributed by atoms with Crippen LogP contribution in [0.1, 0.15) is 38.5 Å². The van der Waals surface area contributed by atoms with E-state index in [-0.39, 0.29) is 0 Å². The van der Waals surface area contributed by atoms with E-state index in [0.717, 1.165) is 45.0 Å². The highest BCUT2D eigenvalue weighted by Crippen LogP contribution is 2.32. The first-order valence-electron chi connectivity index (χ1n) is 10.5. The van der Waals surface area contributed by atoms with E-state index >= 15 is 0 Å². The lowest BCUT2D eigenvalue weighted by Gasteiger charge is -2.19. The molecule has 0 bridgehead atoms. The molecular formula is C24H27N3O2S. The van der Waals surface area contributed by atoms with E-state index in [1.54, 1.807) is 6.20 Å². The van der Waals surface area contributed by atoms with E-state index in [1.807, 2.05) is 48.5 Å². The maximum atomic E-state index is 8.62. The van der Waals surface area contributed by atoms with Crippen LogP contribution in [-0.4, -0.2) is 21.7 Å². The van der Waals surface area contributed by atoms with Crippen LogP contribution in [-0.2, 0) is 0 Å². The Morgan fingerprint density at radius 2 is 1.87 bits per heavy atom. The number of hydrogen-bond donors (Lipinski definition) is 2. The van der Waals surface area contributed by atoms with Crippen LogP contribution in [0.25, 0.3) is 21.1 Å². The van der Waals surface area contributed by atoms with Gasteiger partial charge in [-0.05, 0) is 42.7 Å². The average Bonchev–Trinajstić information content (AvgIpc) is 3.15. The van der Waals surface area contributed by atoms with Crippen LogP contribution in [0.5, 0.6) is 11.5 Å². The summed E-state index contributed by atoms with van der Waals surface area (Å²) >= 11 is 1.45. The Morgan fingerprint density at radius 1 is 1.03 bits per heavy atom. The number of thiazole rings is 1. The topological polar surface area (TPSA) is 81.3 Å². The van der Waals surface area contributed by atoms with Gasteiger partial charge in [0.15, 0.2) is 5.13 Å². The molecule has 30 heavy (non-hydrogen) atoms. The summed E-state index contributed by atoms with van der Waals surface area (Å²) in [5.74, 6) is 2.41. The van der Waals surface area contributed by atoms with Crippen molar-refractivity contribution in [3.05, 3.63) is 54.7 Å². The van der Waals surface area contributed by atoms with E-state index in [1.165, 1.54) is 43.4 Å². The van der Waals surface area contributed by atoms with Crippen molar-refractivity contribution in [2.75, 3.05) is 12.3 Å². The van der Waals surface area contributed by atoms with E-state index in [2.05, 4.69) is 9.97 Å². The number of aliphatic hydroxyl groups excluding tert-OH is 1. The molecule has 1 aliphatic carbocycles. The molecule has 0 spiro atoms. The van der Waals surface area contributed by atoms with Gasteiger partial charge in [-0.3, -0.25) is 4.98 Å². The molecule has 4 aromatic rings. The second kappa shape index (κ2) is 9.87. The number of hydrogen-bond acceptors (Lipinski definition) is 6. The van der Waals surface area contributed by atoms with Crippen LogP contribution < -0.4 is 10.5 Å². The van der Waals surface area contributed by atoms with Crippen molar-refractivity contribution in [2.45, 2.75) is 38.5 Å². The van der Waals surface area contributed by atoms with Gasteiger partial charge < -0.3 is 15.6 Å². The molecule has 6 heteroatoms. The summed E-state index contributed by atoms with van der Waals surface area (Å²) in [6, 6.07) is 15.6. The third-order valence-electron chi connectivity index (χ3n) is 5.48. The van der Waals surface area contributed by atoms with Crippen LogP contribution in [0.2, 0.25) is 0 Å². The fourth-order valence-corrected chi connectivity index (χ4v) is 4.69. The van der Waals surface area contributed by atoms with E-state index in [4.69, 9.17) is 15.6 Å². The van der Waals surface area contributed by atoms with Gasteiger partial charge in [-0.25, -0.2) is 4.98 Å². The molecular weight excluding hydrogens is 394 g/mol. The summed E-state index contributed by atoms with van der Waals surface area (Å²) < 4.78 is 7.02. The van der Waals surface area contributed by atoms with Crippen molar-refractivity contribution >= 4 is 37.6 Å². The Balaban J connectivity index is 0.000000204. The molecule has 0 atom stereocenters. The zero-order chi connectivity index (χ0) is 20.8. The molecule has 5 rings (SSSR count). The first-order valence-corrected chi connectivity index (χ1v) is 11.3. The Hall–Kier alpha value is -2.70. The van der Waals surface area contributed by atoms with Crippen LogP contribution in [0.4, 0.5) is 5.13 Å². The summed E-state index contributed by atoms with van der Waals surface area (Å²) in [6.45, 7) is 0.394. The van der Waals surface area contributed by atoms with Gasteiger partial charge >= 0.3 is 0 Å². The number of nitrogens with zero attached hydrogens (tertiary/aromatic N) is 2. The number of nitrogens with two attached hydrogens (primary N) is 1. The predicted octanol–water partition coefficient (Wildman–Crippen LogP) is 6.17. The first-order chi connectivity index (χ1) is 14.7. The van der Waals surface area contributed by atoms with E-state index in [9.17, 15) is 0 Å². The lowest BCUT2D eigenvalue weighted by atomic mass is 9.87. The molecule has 1 aliphatic rings. The number of anilines is 1. The van der Waals surface area contributed by atoms with Gasteiger partial charge in [-0.2, -0.15) is 0 Å². The van der Waals surface area contributed by atoms with E-state index in [0.29, 0.717) is 11.7 Å². The van der Waals surface area contributed by atoms with Crippen LogP contribution in [0, 0.1) is 5.92 Å². The predicted molar refractivity (Wildman–Crippen MR) is 124 cm³/mol. The molecule has 1 fully saturated rings. The Labute approximate surface area is 180 Å². The molecule has 0 radical (unpaired) electrons. The quantitative estimate of drug-likeness (QED) is 0.412. The summed E-state index contributed by atoms with van der Waals surface area (Å²) in [6.07, 6.45) is 9.72. The lowest BCUT2D eigenvalue weighted by Crippen LogP contribution is -2.07. The molecule has 5 nitrogen and oxygen atoms in total. The SMILES string of the molecule is Nc1nc2ccc(Oc3ccnc4ccccc34)cc2s1.OCCC1CCCCC1. The smallest absolute Gasteiger partial charge is 0.181 e. The van der Waals surface area contributed by atoms with Gasteiger partial charge in [-0.15, -0.1) is 0 Å². The zero-order valence-corrected chi connectivity index (χ0v) is 17.8.